The molecule has 0 amide bonds. The zero-order valence-electron chi connectivity index (χ0n) is 9.79. The molecule has 5 heteroatoms. The summed E-state index contributed by atoms with van der Waals surface area (Å²) in [4.78, 5) is 10.6. The number of hydrogen-bond donors (Lipinski definition) is 0. The number of fused-ring (bicyclic) bond motifs is 1. The zero-order chi connectivity index (χ0) is 13.4. The van der Waals surface area contributed by atoms with E-state index in [-0.39, 0.29) is 5.69 Å². The summed E-state index contributed by atoms with van der Waals surface area (Å²) in [6.07, 6.45) is 0. The lowest BCUT2D eigenvalue weighted by Gasteiger charge is -2.01. The van der Waals surface area contributed by atoms with Gasteiger partial charge in [-0.1, -0.05) is 42.5 Å². The lowest BCUT2D eigenvalue weighted by Crippen LogP contribution is -1.92. The summed E-state index contributed by atoms with van der Waals surface area (Å²) in [5, 5.41) is 11.8. The van der Waals surface area contributed by atoms with Crippen molar-refractivity contribution in [2.45, 2.75) is 0 Å². The number of benzene rings is 2. The Kier molecular flexibility index (Phi) is 2.72. The molecule has 3 rings (SSSR count). The fourth-order valence-electron chi connectivity index (χ4n) is 2.16. The van der Waals surface area contributed by atoms with Crippen molar-refractivity contribution >= 4 is 28.4 Å². The fourth-order valence-corrected chi connectivity index (χ4v) is 2.49. The largest absolute Gasteiger partial charge is 0.294 e. The van der Waals surface area contributed by atoms with E-state index in [2.05, 4.69) is 0 Å². The first-order chi connectivity index (χ1) is 9.18. The van der Waals surface area contributed by atoms with Crippen LogP contribution < -0.4 is 0 Å². The number of nitrogens with zero attached hydrogens (tertiary/aromatic N) is 2. The van der Waals surface area contributed by atoms with Gasteiger partial charge in [0.05, 0.1) is 10.6 Å². The highest BCUT2D eigenvalue weighted by Gasteiger charge is 2.18. The number of rotatable bonds is 2. The zero-order valence-corrected chi connectivity index (χ0v) is 10.5. The molecule has 1 aromatic heterocycles. The van der Waals surface area contributed by atoms with Crippen LogP contribution in [0.15, 0.2) is 54.6 Å². The number of halogens is 1. The van der Waals surface area contributed by atoms with Gasteiger partial charge in [0.1, 0.15) is 5.52 Å². The molecule has 1 heterocycles. The minimum atomic E-state index is -0.421. The van der Waals surface area contributed by atoms with E-state index in [0.29, 0.717) is 5.52 Å². The van der Waals surface area contributed by atoms with Gasteiger partial charge >= 0.3 is 0 Å². The molecule has 19 heavy (non-hydrogen) atoms. The van der Waals surface area contributed by atoms with E-state index in [9.17, 15) is 10.1 Å². The standard InChI is InChI=1S/C14H9ClN2O2/c15-16-13(10-5-2-1-3-6-10)9-11-7-4-8-12(14(11)16)17(18)19/h1-9H. The summed E-state index contributed by atoms with van der Waals surface area (Å²) in [6, 6.07) is 16.3. The first-order valence-electron chi connectivity index (χ1n) is 5.69. The minimum absolute atomic E-state index is 0.00896. The Labute approximate surface area is 114 Å². The van der Waals surface area contributed by atoms with Crippen LogP contribution in [0, 0.1) is 10.1 Å². The molecule has 0 spiro atoms. The molecule has 0 N–H and O–H groups in total. The maximum atomic E-state index is 11.0. The number of nitro groups is 1. The first-order valence-corrected chi connectivity index (χ1v) is 6.03. The molecule has 0 aliphatic carbocycles. The Bertz CT molecular complexity index is 766. The third kappa shape index (κ3) is 1.86. The summed E-state index contributed by atoms with van der Waals surface area (Å²) in [5.74, 6) is 0. The fraction of sp³-hybridized carbons (Fsp3) is 0. The van der Waals surface area contributed by atoms with Gasteiger partial charge in [-0.25, -0.2) is 4.09 Å². The maximum absolute atomic E-state index is 11.0. The van der Waals surface area contributed by atoms with Gasteiger partial charge < -0.3 is 0 Å². The van der Waals surface area contributed by atoms with Crippen LogP contribution in [0.5, 0.6) is 0 Å². The molecule has 0 saturated carbocycles. The second-order valence-electron chi connectivity index (χ2n) is 4.15. The number of para-hydroxylation sites is 1. The van der Waals surface area contributed by atoms with Crippen molar-refractivity contribution in [3.05, 3.63) is 64.7 Å². The molecule has 2 aromatic carbocycles. The third-order valence-corrected chi connectivity index (χ3v) is 3.36. The van der Waals surface area contributed by atoms with Gasteiger partial charge in [-0.2, -0.15) is 0 Å². The number of nitro benzene ring substituents is 1. The van der Waals surface area contributed by atoms with Crippen molar-refractivity contribution in [3.8, 4) is 11.3 Å². The van der Waals surface area contributed by atoms with E-state index in [1.165, 1.54) is 10.2 Å². The summed E-state index contributed by atoms with van der Waals surface area (Å²) >= 11 is 6.25. The molecule has 4 nitrogen and oxygen atoms in total. The predicted molar refractivity (Wildman–Crippen MR) is 75.3 cm³/mol. The highest BCUT2D eigenvalue weighted by atomic mass is 35.5. The highest BCUT2D eigenvalue weighted by molar-refractivity contribution is 6.22. The second-order valence-corrected chi connectivity index (χ2v) is 4.49. The molecule has 3 aromatic rings. The predicted octanol–water partition coefficient (Wildman–Crippen LogP) is 4.22. The van der Waals surface area contributed by atoms with Gasteiger partial charge in [-0.15, -0.1) is 0 Å². The van der Waals surface area contributed by atoms with E-state index >= 15 is 0 Å². The molecule has 0 fully saturated rings. The summed E-state index contributed by atoms with van der Waals surface area (Å²) in [5.41, 5.74) is 2.09. The smallest absolute Gasteiger partial charge is 0.258 e. The van der Waals surface area contributed by atoms with Gasteiger partial charge in [0.25, 0.3) is 5.69 Å². The molecule has 0 aliphatic heterocycles. The lowest BCUT2D eigenvalue weighted by molar-refractivity contribution is -0.383. The Morgan fingerprint density at radius 3 is 2.47 bits per heavy atom. The van der Waals surface area contributed by atoms with Crippen molar-refractivity contribution in [1.82, 2.24) is 4.09 Å². The van der Waals surface area contributed by atoms with Crippen LogP contribution in [0.4, 0.5) is 5.69 Å². The topological polar surface area (TPSA) is 48.1 Å². The van der Waals surface area contributed by atoms with Crippen LogP contribution >= 0.6 is 11.8 Å². The van der Waals surface area contributed by atoms with Gasteiger partial charge in [0.15, 0.2) is 0 Å². The van der Waals surface area contributed by atoms with Crippen molar-refractivity contribution in [2.24, 2.45) is 0 Å². The number of aromatic nitrogens is 1. The third-order valence-electron chi connectivity index (χ3n) is 3.01. The van der Waals surface area contributed by atoms with Crippen LogP contribution in [0.1, 0.15) is 0 Å². The normalized spacial score (nSPS) is 10.8. The van der Waals surface area contributed by atoms with Crippen LogP contribution in [0.25, 0.3) is 22.2 Å². The maximum Gasteiger partial charge on any atom is 0.294 e. The van der Waals surface area contributed by atoms with E-state index in [4.69, 9.17) is 11.8 Å². The first kappa shape index (κ1) is 11.7. The number of hydrogen-bond acceptors (Lipinski definition) is 2. The summed E-state index contributed by atoms with van der Waals surface area (Å²) in [6.45, 7) is 0. The van der Waals surface area contributed by atoms with Crippen molar-refractivity contribution in [1.29, 1.82) is 0 Å². The van der Waals surface area contributed by atoms with Crippen molar-refractivity contribution < 1.29 is 4.92 Å². The van der Waals surface area contributed by atoms with Gasteiger partial charge in [0, 0.05) is 23.2 Å². The van der Waals surface area contributed by atoms with Crippen LogP contribution in [0.2, 0.25) is 0 Å². The number of non-ortho nitro benzene ring substituents is 1. The summed E-state index contributed by atoms with van der Waals surface area (Å²) in [7, 11) is 0. The Balaban J connectivity index is 2.33. The molecular weight excluding hydrogens is 264 g/mol. The van der Waals surface area contributed by atoms with E-state index in [0.717, 1.165) is 16.6 Å². The van der Waals surface area contributed by atoms with Gasteiger partial charge in [-0.05, 0) is 11.6 Å². The molecule has 0 atom stereocenters. The molecule has 0 aliphatic rings. The molecule has 0 radical (unpaired) electrons. The average molecular weight is 273 g/mol. The van der Waals surface area contributed by atoms with Gasteiger partial charge in [0.2, 0.25) is 0 Å². The molecule has 0 saturated heterocycles. The SMILES string of the molecule is O=[N+]([O-])c1cccc2cc(-c3ccccc3)n(Cl)c12. The van der Waals surface area contributed by atoms with Gasteiger partial charge in [-0.3, -0.25) is 10.1 Å². The average Bonchev–Trinajstić information content (AvgIpc) is 2.77. The minimum Gasteiger partial charge on any atom is -0.258 e. The lowest BCUT2D eigenvalue weighted by atomic mass is 10.1. The van der Waals surface area contributed by atoms with E-state index in [1.807, 2.05) is 42.5 Å². The second kappa shape index (κ2) is 4.40. The van der Waals surface area contributed by atoms with Crippen LogP contribution in [-0.4, -0.2) is 9.01 Å². The molecule has 0 bridgehead atoms. The Morgan fingerprint density at radius 1 is 1.05 bits per heavy atom. The Hall–Kier alpha value is -2.33. The quantitative estimate of drug-likeness (QED) is 0.518. The van der Waals surface area contributed by atoms with E-state index in [1.54, 1.807) is 6.07 Å². The van der Waals surface area contributed by atoms with Crippen molar-refractivity contribution in [2.75, 3.05) is 0 Å². The molecule has 94 valence electrons. The van der Waals surface area contributed by atoms with Crippen LogP contribution in [0.3, 0.4) is 0 Å². The van der Waals surface area contributed by atoms with E-state index < -0.39 is 4.92 Å². The van der Waals surface area contributed by atoms with Crippen LogP contribution in [-0.2, 0) is 0 Å². The highest BCUT2D eigenvalue weighted by Crippen LogP contribution is 2.34. The molecular formula is C14H9ClN2O2. The monoisotopic (exact) mass is 272 g/mol. The van der Waals surface area contributed by atoms with Crippen molar-refractivity contribution in [3.63, 3.8) is 0 Å². The molecule has 0 unspecified atom stereocenters. The summed E-state index contributed by atoms with van der Waals surface area (Å²) < 4.78 is 1.35. The Morgan fingerprint density at radius 2 is 1.79 bits per heavy atom.